The molecule has 2 fully saturated rings. The Morgan fingerprint density at radius 2 is 1.69 bits per heavy atom. The summed E-state index contributed by atoms with van der Waals surface area (Å²) < 4.78 is 5.52. The van der Waals surface area contributed by atoms with Crippen molar-refractivity contribution in [1.29, 1.82) is 0 Å². The first-order valence-corrected chi connectivity index (χ1v) is 10.3. The van der Waals surface area contributed by atoms with Crippen LogP contribution >= 0.6 is 0 Å². The number of likely N-dealkylation sites (tertiary alicyclic amines) is 1. The third-order valence-electron chi connectivity index (χ3n) is 5.74. The molecule has 2 unspecified atom stereocenters. The van der Waals surface area contributed by atoms with Gasteiger partial charge in [-0.15, -0.1) is 0 Å². The minimum atomic E-state index is -0.461. The minimum absolute atomic E-state index is 0.105. The maximum Gasteiger partial charge on any atom is 0.410 e. The first kappa shape index (κ1) is 19.5. The zero-order valence-electron chi connectivity index (χ0n) is 17.2. The maximum atomic E-state index is 12.3. The van der Waals surface area contributed by atoms with Crippen LogP contribution in [-0.2, 0) is 4.74 Å². The molecule has 2 aromatic carbocycles. The van der Waals surface area contributed by atoms with Gasteiger partial charge in [-0.3, -0.25) is 4.79 Å². The molecule has 29 heavy (non-hydrogen) atoms. The van der Waals surface area contributed by atoms with Crippen LogP contribution in [0, 0.1) is 11.8 Å². The van der Waals surface area contributed by atoms with Gasteiger partial charge in [0.05, 0.1) is 0 Å². The number of anilines is 1. The average molecular weight is 392 g/mol. The standard InChI is InChI=1S/C24H28N2O3/c1-24(2,3)29-23(28)26-14-13-19-20(15-26)21(19)16-9-11-18(12-10-16)25-22(27)17-7-5-4-6-8-17/h4-12,19-21H,13-15H2,1-3H3,(H,25,27)/t19?,20-,21?/m1/s1. The van der Waals surface area contributed by atoms with Crippen molar-refractivity contribution in [2.75, 3.05) is 18.4 Å². The summed E-state index contributed by atoms with van der Waals surface area (Å²) in [6.45, 7) is 7.22. The summed E-state index contributed by atoms with van der Waals surface area (Å²) in [7, 11) is 0. The normalized spacial score (nSPS) is 23.1. The molecule has 1 N–H and O–H groups in total. The van der Waals surface area contributed by atoms with E-state index < -0.39 is 5.60 Å². The van der Waals surface area contributed by atoms with Gasteiger partial charge in [0, 0.05) is 24.3 Å². The molecule has 152 valence electrons. The van der Waals surface area contributed by atoms with E-state index in [0.29, 0.717) is 23.3 Å². The number of hydrogen-bond acceptors (Lipinski definition) is 3. The van der Waals surface area contributed by atoms with Gasteiger partial charge in [0.15, 0.2) is 0 Å². The Morgan fingerprint density at radius 3 is 2.34 bits per heavy atom. The number of carbonyl (C=O) groups excluding carboxylic acids is 2. The van der Waals surface area contributed by atoms with E-state index >= 15 is 0 Å². The number of ether oxygens (including phenoxy) is 1. The van der Waals surface area contributed by atoms with E-state index in [1.165, 1.54) is 5.56 Å². The Morgan fingerprint density at radius 1 is 1.00 bits per heavy atom. The third kappa shape index (κ3) is 4.44. The first-order valence-electron chi connectivity index (χ1n) is 10.3. The summed E-state index contributed by atoms with van der Waals surface area (Å²) in [5.74, 6) is 1.52. The van der Waals surface area contributed by atoms with E-state index in [1.807, 2.05) is 56.0 Å². The van der Waals surface area contributed by atoms with E-state index in [-0.39, 0.29) is 12.0 Å². The smallest absolute Gasteiger partial charge is 0.410 e. The number of hydrogen-bond donors (Lipinski definition) is 1. The van der Waals surface area contributed by atoms with Gasteiger partial charge in [-0.2, -0.15) is 0 Å². The Labute approximate surface area is 172 Å². The molecule has 0 bridgehead atoms. The predicted molar refractivity (Wildman–Crippen MR) is 113 cm³/mol. The number of carbonyl (C=O) groups is 2. The van der Waals surface area contributed by atoms with Gasteiger partial charge < -0.3 is 15.0 Å². The quantitative estimate of drug-likeness (QED) is 0.807. The van der Waals surface area contributed by atoms with Crippen molar-refractivity contribution in [3.63, 3.8) is 0 Å². The highest BCUT2D eigenvalue weighted by Gasteiger charge is 2.54. The topological polar surface area (TPSA) is 58.6 Å². The minimum Gasteiger partial charge on any atom is -0.444 e. The Balaban J connectivity index is 1.35. The van der Waals surface area contributed by atoms with E-state index in [9.17, 15) is 9.59 Å². The summed E-state index contributed by atoms with van der Waals surface area (Å²) >= 11 is 0. The van der Waals surface area contributed by atoms with Gasteiger partial charge in [-0.05, 0) is 74.8 Å². The van der Waals surface area contributed by atoms with Crippen molar-refractivity contribution >= 4 is 17.7 Å². The Hall–Kier alpha value is -2.82. The van der Waals surface area contributed by atoms with Crippen LogP contribution in [0.2, 0.25) is 0 Å². The van der Waals surface area contributed by atoms with E-state index in [2.05, 4.69) is 17.4 Å². The van der Waals surface area contributed by atoms with Gasteiger partial charge in [-0.25, -0.2) is 4.79 Å². The lowest BCUT2D eigenvalue weighted by Crippen LogP contribution is -2.40. The summed E-state index contributed by atoms with van der Waals surface area (Å²) in [6.07, 6.45) is 0.807. The molecule has 0 aromatic heterocycles. The highest BCUT2D eigenvalue weighted by molar-refractivity contribution is 6.04. The lowest BCUT2D eigenvalue weighted by molar-refractivity contribution is 0.0207. The van der Waals surface area contributed by atoms with E-state index in [0.717, 1.165) is 25.2 Å². The summed E-state index contributed by atoms with van der Waals surface area (Å²) in [5.41, 5.74) is 2.26. The monoisotopic (exact) mass is 392 g/mol. The molecule has 1 aliphatic carbocycles. The number of benzene rings is 2. The molecule has 1 saturated carbocycles. The molecule has 2 aliphatic rings. The Bertz CT molecular complexity index is 887. The largest absolute Gasteiger partial charge is 0.444 e. The highest BCUT2D eigenvalue weighted by atomic mass is 16.6. The molecule has 1 aliphatic heterocycles. The van der Waals surface area contributed by atoms with Crippen LogP contribution in [0.3, 0.4) is 0 Å². The lowest BCUT2D eigenvalue weighted by Gasteiger charge is -2.29. The number of nitrogens with one attached hydrogen (secondary N) is 1. The zero-order valence-corrected chi connectivity index (χ0v) is 17.2. The van der Waals surface area contributed by atoms with Crippen LogP contribution in [0.15, 0.2) is 54.6 Å². The number of fused-ring (bicyclic) bond motifs is 1. The van der Waals surface area contributed by atoms with Crippen LogP contribution in [0.5, 0.6) is 0 Å². The number of rotatable bonds is 3. The van der Waals surface area contributed by atoms with Gasteiger partial charge in [0.1, 0.15) is 5.60 Å². The molecule has 5 nitrogen and oxygen atoms in total. The molecule has 4 rings (SSSR count). The summed E-state index contributed by atoms with van der Waals surface area (Å²) in [4.78, 5) is 26.5. The maximum absolute atomic E-state index is 12.3. The molecule has 0 spiro atoms. The third-order valence-corrected chi connectivity index (χ3v) is 5.74. The van der Waals surface area contributed by atoms with Crippen LogP contribution in [-0.4, -0.2) is 35.6 Å². The molecular formula is C24H28N2O3. The summed E-state index contributed by atoms with van der Waals surface area (Å²) in [6, 6.07) is 17.3. The number of piperidine rings is 1. The van der Waals surface area contributed by atoms with Crippen LogP contribution in [0.25, 0.3) is 0 Å². The Kier molecular flexibility index (Phi) is 5.07. The van der Waals surface area contributed by atoms with Crippen LogP contribution < -0.4 is 5.32 Å². The highest BCUT2D eigenvalue weighted by Crippen LogP contribution is 2.58. The van der Waals surface area contributed by atoms with Crippen molar-refractivity contribution in [3.05, 3.63) is 65.7 Å². The molecule has 5 heteroatoms. The van der Waals surface area contributed by atoms with Crippen molar-refractivity contribution in [1.82, 2.24) is 4.90 Å². The molecule has 2 aromatic rings. The van der Waals surface area contributed by atoms with Gasteiger partial charge in [0.25, 0.3) is 5.91 Å². The summed E-state index contributed by atoms with van der Waals surface area (Å²) in [5, 5.41) is 2.94. The average Bonchev–Trinajstić information content (AvgIpc) is 3.41. The molecule has 1 saturated heterocycles. The fraction of sp³-hybridized carbons (Fsp3) is 0.417. The second kappa shape index (κ2) is 7.54. The molecule has 0 radical (unpaired) electrons. The fourth-order valence-electron chi connectivity index (χ4n) is 4.31. The SMILES string of the molecule is CC(C)(C)OC(=O)N1CCC2C(c3ccc(NC(=O)c4ccccc4)cc3)[C@@H]2C1. The van der Waals surface area contributed by atoms with Crippen molar-refractivity contribution in [2.24, 2.45) is 11.8 Å². The second-order valence-electron chi connectivity index (χ2n) is 9.01. The molecule has 3 atom stereocenters. The van der Waals surface area contributed by atoms with E-state index in [1.54, 1.807) is 12.1 Å². The van der Waals surface area contributed by atoms with Gasteiger partial charge in [0.2, 0.25) is 0 Å². The second-order valence-corrected chi connectivity index (χ2v) is 9.01. The number of amides is 2. The van der Waals surface area contributed by atoms with Gasteiger partial charge in [-0.1, -0.05) is 30.3 Å². The number of nitrogens with zero attached hydrogens (tertiary/aromatic N) is 1. The molecular weight excluding hydrogens is 364 g/mol. The van der Waals surface area contributed by atoms with Crippen molar-refractivity contribution < 1.29 is 14.3 Å². The lowest BCUT2D eigenvalue weighted by atomic mass is 10.1. The molecule has 1 heterocycles. The van der Waals surface area contributed by atoms with Crippen molar-refractivity contribution in [3.8, 4) is 0 Å². The van der Waals surface area contributed by atoms with Crippen LogP contribution in [0.1, 0.15) is 49.0 Å². The molecule has 2 amide bonds. The zero-order chi connectivity index (χ0) is 20.6. The van der Waals surface area contributed by atoms with Crippen LogP contribution in [0.4, 0.5) is 10.5 Å². The van der Waals surface area contributed by atoms with Gasteiger partial charge >= 0.3 is 6.09 Å². The van der Waals surface area contributed by atoms with E-state index in [4.69, 9.17) is 4.74 Å². The first-order chi connectivity index (χ1) is 13.8. The van der Waals surface area contributed by atoms with Crippen molar-refractivity contribution in [2.45, 2.75) is 38.7 Å². The fourth-order valence-corrected chi connectivity index (χ4v) is 4.31. The predicted octanol–water partition coefficient (Wildman–Crippen LogP) is 4.91.